The molecule has 0 spiro atoms. The van der Waals surface area contributed by atoms with Crippen LogP contribution >= 0.6 is 0 Å². The number of carbonyl (C=O) groups excluding carboxylic acids is 2. The van der Waals surface area contributed by atoms with Crippen LogP contribution in [0.1, 0.15) is 19.3 Å². The third-order valence-electron chi connectivity index (χ3n) is 2.97. The molecule has 8 nitrogen and oxygen atoms in total. The van der Waals surface area contributed by atoms with Gasteiger partial charge < -0.3 is 25.8 Å². The summed E-state index contributed by atoms with van der Waals surface area (Å²) in [7, 11) is 1.53. The number of nitrogens with one attached hydrogen (secondary N) is 1. The molecule has 0 aromatic heterocycles. The van der Waals surface area contributed by atoms with Gasteiger partial charge in [-0.3, -0.25) is 4.79 Å². The highest BCUT2D eigenvalue weighted by atomic mass is 16.5. The van der Waals surface area contributed by atoms with Gasteiger partial charge in [-0.15, -0.1) is 0 Å². The van der Waals surface area contributed by atoms with E-state index in [1.165, 1.54) is 24.8 Å². The summed E-state index contributed by atoms with van der Waals surface area (Å²) in [6.45, 7) is 1.45. The number of likely N-dealkylation sites (N-methyl/N-ethyl adjacent to an activating group) is 1. The topological polar surface area (TPSA) is 122 Å². The maximum atomic E-state index is 11.7. The number of nitrogens with two attached hydrogens (primary N) is 1. The Labute approximate surface area is 117 Å². The highest BCUT2D eigenvalue weighted by molar-refractivity contribution is 5.87. The number of hydrogen-bond donors (Lipinski definition) is 3. The molecule has 1 rings (SSSR count). The van der Waals surface area contributed by atoms with E-state index in [4.69, 9.17) is 15.6 Å². The Kier molecular flexibility index (Phi) is 6.23. The summed E-state index contributed by atoms with van der Waals surface area (Å²) in [6, 6.07) is -1.89. The van der Waals surface area contributed by atoms with Crippen LogP contribution in [0.3, 0.4) is 0 Å². The zero-order valence-electron chi connectivity index (χ0n) is 11.5. The van der Waals surface area contributed by atoms with Crippen molar-refractivity contribution in [3.8, 4) is 0 Å². The Hall–Kier alpha value is -1.83. The standard InChI is InChI=1S/C12H21N3O5/c1-15(4-5-20-7-8-2-3-8)12(19)14-9(11(17)18)6-10(13)16/h8-9H,2-7H2,1H3,(H2,13,16)(H,14,19)(H,17,18)/t9-/m0/s1. The van der Waals surface area contributed by atoms with Gasteiger partial charge in [0.05, 0.1) is 13.0 Å². The molecule has 114 valence electrons. The van der Waals surface area contributed by atoms with Gasteiger partial charge >= 0.3 is 12.0 Å². The molecule has 1 saturated carbocycles. The van der Waals surface area contributed by atoms with Gasteiger partial charge in [0.1, 0.15) is 6.04 Å². The van der Waals surface area contributed by atoms with Gasteiger partial charge in [0.25, 0.3) is 0 Å². The molecule has 8 heteroatoms. The lowest BCUT2D eigenvalue weighted by Gasteiger charge is -2.20. The first kappa shape index (κ1) is 16.2. The predicted octanol–water partition coefficient (Wildman–Crippen LogP) is -0.617. The van der Waals surface area contributed by atoms with E-state index < -0.39 is 30.4 Å². The Morgan fingerprint density at radius 2 is 2.10 bits per heavy atom. The second-order valence-electron chi connectivity index (χ2n) is 4.95. The number of primary amides is 1. The van der Waals surface area contributed by atoms with Crippen molar-refractivity contribution in [1.82, 2.24) is 10.2 Å². The fourth-order valence-electron chi connectivity index (χ4n) is 1.50. The van der Waals surface area contributed by atoms with E-state index in [0.717, 1.165) is 0 Å². The number of amides is 3. The second kappa shape index (κ2) is 7.68. The van der Waals surface area contributed by atoms with Crippen LogP contribution in [0.15, 0.2) is 0 Å². The molecule has 0 aromatic rings. The number of ether oxygens (including phenoxy) is 1. The number of carbonyl (C=O) groups is 3. The van der Waals surface area contributed by atoms with Crippen LogP contribution in [0.2, 0.25) is 0 Å². The summed E-state index contributed by atoms with van der Waals surface area (Å²) in [5.41, 5.74) is 4.93. The number of nitrogens with zero attached hydrogens (tertiary/aromatic N) is 1. The Morgan fingerprint density at radius 3 is 2.60 bits per heavy atom. The first-order valence-electron chi connectivity index (χ1n) is 6.50. The lowest BCUT2D eigenvalue weighted by Crippen LogP contribution is -2.48. The summed E-state index contributed by atoms with van der Waals surface area (Å²) in [5, 5.41) is 11.1. The molecule has 20 heavy (non-hydrogen) atoms. The Morgan fingerprint density at radius 1 is 1.45 bits per heavy atom. The first-order chi connectivity index (χ1) is 9.40. The fourth-order valence-corrected chi connectivity index (χ4v) is 1.50. The van der Waals surface area contributed by atoms with E-state index in [2.05, 4.69) is 5.32 Å². The smallest absolute Gasteiger partial charge is 0.326 e. The van der Waals surface area contributed by atoms with E-state index in [9.17, 15) is 14.4 Å². The van der Waals surface area contributed by atoms with Gasteiger partial charge in [-0.25, -0.2) is 9.59 Å². The van der Waals surface area contributed by atoms with Crippen molar-refractivity contribution < 1.29 is 24.2 Å². The van der Waals surface area contributed by atoms with Crippen LogP contribution < -0.4 is 11.1 Å². The molecular weight excluding hydrogens is 266 g/mol. The van der Waals surface area contributed by atoms with Crippen LogP contribution in [0.4, 0.5) is 4.79 Å². The minimum absolute atomic E-state index is 0.349. The molecule has 0 bridgehead atoms. The molecule has 1 atom stereocenters. The maximum absolute atomic E-state index is 11.7. The van der Waals surface area contributed by atoms with E-state index in [1.54, 1.807) is 0 Å². The third-order valence-corrected chi connectivity index (χ3v) is 2.97. The minimum atomic E-state index is -1.31. The van der Waals surface area contributed by atoms with E-state index >= 15 is 0 Å². The zero-order valence-corrected chi connectivity index (χ0v) is 11.5. The maximum Gasteiger partial charge on any atom is 0.326 e. The Bertz CT molecular complexity index is 370. The van der Waals surface area contributed by atoms with Crippen molar-refractivity contribution >= 4 is 17.9 Å². The summed E-state index contributed by atoms with van der Waals surface area (Å²) < 4.78 is 5.38. The van der Waals surface area contributed by atoms with Crippen LogP contribution in [0, 0.1) is 5.92 Å². The third kappa shape index (κ3) is 6.37. The van der Waals surface area contributed by atoms with Crippen molar-refractivity contribution in [1.29, 1.82) is 0 Å². The average Bonchev–Trinajstić information content (AvgIpc) is 3.16. The second-order valence-corrected chi connectivity index (χ2v) is 4.95. The van der Waals surface area contributed by atoms with Gasteiger partial charge in [0.2, 0.25) is 5.91 Å². The normalized spacial score (nSPS) is 15.4. The summed E-state index contributed by atoms with van der Waals surface area (Å²) in [4.78, 5) is 34.6. The minimum Gasteiger partial charge on any atom is -0.480 e. The van der Waals surface area contributed by atoms with Crippen molar-refractivity contribution in [3.63, 3.8) is 0 Å². The molecule has 1 aliphatic carbocycles. The molecule has 0 aliphatic heterocycles. The van der Waals surface area contributed by atoms with Gasteiger partial charge in [0, 0.05) is 20.2 Å². The first-order valence-corrected chi connectivity index (χ1v) is 6.50. The number of hydrogen-bond acceptors (Lipinski definition) is 4. The molecule has 4 N–H and O–H groups in total. The molecule has 1 fully saturated rings. The number of carboxylic acids is 1. The number of aliphatic carboxylic acids is 1. The van der Waals surface area contributed by atoms with Crippen LogP contribution in [0.5, 0.6) is 0 Å². The number of carboxylic acid groups (broad SMARTS) is 1. The van der Waals surface area contributed by atoms with Gasteiger partial charge in [0.15, 0.2) is 0 Å². The van der Waals surface area contributed by atoms with Crippen LogP contribution in [0.25, 0.3) is 0 Å². The monoisotopic (exact) mass is 287 g/mol. The summed E-state index contributed by atoms with van der Waals surface area (Å²) in [5.74, 6) is -1.43. The lowest BCUT2D eigenvalue weighted by atomic mass is 10.2. The molecule has 1 aliphatic rings. The molecule has 0 heterocycles. The van der Waals surface area contributed by atoms with Crippen molar-refractivity contribution in [2.24, 2.45) is 11.7 Å². The largest absolute Gasteiger partial charge is 0.480 e. The average molecular weight is 287 g/mol. The quantitative estimate of drug-likeness (QED) is 0.488. The number of urea groups is 1. The Balaban J connectivity index is 2.26. The molecule has 0 radical (unpaired) electrons. The van der Waals surface area contributed by atoms with Gasteiger partial charge in [-0.2, -0.15) is 0 Å². The highest BCUT2D eigenvalue weighted by Crippen LogP contribution is 2.28. The van der Waals surface area contributed by atoms with E-state index in [0.29, 0.717) is 25.7 Å². The highest BCUT2D eigenvalue weighted by Gasteiger charge is 2.24. The van der Waals surface area contributed by atoms with Crippen LogP contribution in [-0.4, -0.2) is 60.8 Å². The molecule has 0 aromatic carbocycles. The number of rotatable bonds is 9. The van der Waals surface area contributed by atoms with Crippen molar-refractivity contribution in [3.05, 3.63) is 0 Å². The molecule has 0 saturated heterocycles. The molecular formula is C12H21N3O5. The zero-order chi connectivity index (χ0) is 15.1. The molecule has 3 amide bonds. The molecule has 0 unspecified atom stereocenters. The van der Waals surface area contributed by atoms with Gasteiger partial charge in [-0.05, 0) is 18.8 Å². The lowest BCUT2D eigenvalue weighted by molar-refractivity contribution is -0.140. The summed E-state index contributed by atoms with van der Waals surface area (Å²) in [6.07, 6.45) is 1.96. The van der Waals surface area contributed by atoms with Gasteiger partial charge in [-0.1, -0.05) is 0 Å². The predicted molar refractivity (Wildman–Crippen MR) is 69.9 cm³/mol. The van der Waals surface area contributed by atoms with Crippen LogP contribution in [-0.2, 0) is 14.3 Å². The SMILES string of the molecule is CN(CCOCC1CC1)C(=O)N[C@@H](CC(N)=O)C(=O)O. The van der Waals surface area contributed by atoms with Crippen molar-refractivity contribution in [2.45, 2.75) is 25.3 Å². The summed E-state index contributed by atoms with van der Waals surface area (Å²) >= 11 is 0. The van der Waals surface area contributed by atoms with E-state index in [1.807, 2.05) is 0 Å². The van der Waals surface area contributed by atoms with Crippen molar-refractivity contribution in [2.75, 3.05) is 26.8 Å². The van der Waals surface area contributed by atoms with E-state index in [-0.39, 0.29) is 0 Å². The fraction of sp³-hybridized carbons (Fsp3) is 0.750.